The molecule has 1 fully saturated rings. The van der Waals surface area contributed by atoms with Gasteiger partial charge in [0, 0.05) is 0 Å². The summed E-state index contributed by atoms with van der Waals surface area (Å²) in [4.78, 5) is 13.2. The second kappa shape index (κ2) is 11.8. The predicted octanol–water partition coefficient (Wildman–Crippen LogP) is 6.97. The van der Waals surface area contributed by atoms with Gasteiger partial charge in [-0.3, -0.25) is 0 Å². The zero-order valence-corrected chi connectivity index (χ0v) is 25.5. The first kappa shape index (κ1) is 27.8. The molecule has 32 heavy (non-hydrogen) atoms. The molecular formula is C26H39IO3SeSi. The van der Waals surface area contributed by atoms with E-state index in [9.17, 15) is 4.79 Å². The van der Waals surface area contributed by atoms with Crippen LogP contribution in [-0.4, -0.2) is 42.0 Å². The van der Waals surface area contributed by atoms with Crippen LogP contribution in [0.1, 0.15) is 60.3 Å². The third-order valence-corrected chi connectivity index (χ3v) is 15.1. The van der Waals surface area contributed by atoms with Gasteiger partial charge in [0.05, 0.1) is 0 Å². The van der Waals surface area contributed by atoms with Crippen LogP contribution < -0.4 is 4.46 Å². The number of rotatable bonds is 10. The van der Waals surface area contributed by atoms with Crippen LogP contribution in [0.25, 0.3) is 0 Å². The van der Waals surface area contributed by atoms with Crippen LogP contribution in [0, 0.1) is 0 Å². The Labute approximate surface area is 216 Å². The molecule has 0 aromatic heterocycles. The second-order valence-electron chi connectivity index (χ2n) is 10.4. The van der Waals surface area contributed by atoms with E-state index in [1.807, 2.05) is 6.07 Å². The zero-order chi connectivity index (χ0) is 24.0. The average molecular weight is 634 g/mol. The molecule has 2 rings (SSSR count). The van der Waals surface area contributed by atoms with E-state index in [1.165, 1.54) is 15.6 Å². The zero-order valence-electron chi connectivity index (χ0n) is 20.7. The number of hydrogen-bond acceptors (Lipinski definition) is 3. The van der Waals surface area contributed by atoms with Crippen molar-refractivity contribution in [3.8, 4) is 0 Å². The molecule has 178 valence electrons. The maximum atomic E-state index is 13.2. The fraction of sp³-hybridized carbons (Fsp3) is 0.577. The molecule has 0 radical (unpaired) electrons. The van der Waals surface area contributed by atoms with Gasteiger partial charge < -0.3 is 0 Å². The van der Waals surface area contributed by atoms with E-state index >= 15 is 0 Å². The third kappa shape index (κ3) is 7.83. The second-order valence-corrected chi connectivity index (χ2v) is 18.9. The van der Waals surface area contributed by atoms with E-state index < -0.39 is 8.32 Å². The summed E-state index contributed by atoms with van der Waals surface area (Å²) in [6.07, 6.45) is 5.62. The monoisotopic (exact) mass is 634 g/mol. The standard InChI is InChI=1S/C26H39IO3SeSi/c1-20(19-29-32(6,7)25(3,4)5)12-11-15-26(31-23-13-9-8-10-14-23)17-22(30-24(26)28)16-21(2)18-27/h8-10,12-14,18,22H,11,15-17,19H2,1-7H3/b20-12+,21-18-/t22-,26?/m0/s1. The summed E-state index contributed by atoms with van der Waals surface area (Å²) in [7, 11) is -1.76. The molecule has 0 N–H and O–H groups in total. The number of ether oxygens (including phenoxy) is 1. The molecule has 3 nitrogen and oxygen atoms in total. The van der Waals surface area contributed by atoms with Crippen molar-refractivity contribution in [2.75, 3.05) is 6.61 Å². The SMILES string of the molecule is C/C(=C/I)C[C@H]1CC(CC/C=C(\C)CO[Si](C)(C)C(C)(C)C)([Se]c2ccccc2)C(=O)O1. The Morgan fingerprint density at radius 3 is 2.50 bits per heavy atom. The Bertz CT molecular complexity index is 829. The summed E-state index contributed by atoms with van der Waals surface area (Å²) in [5.74, 6) is -0.00353. The van der Waals surface area contributed by atoms with E-state index in [4.69, 9.17) is 9.16 Å². The van der Waals surface area contributed by atoms with E-state index in [2.05, 4.69) is 105 Å². The normalized spacial score (nSPS) is 22.9. The van der Waals surface area contributed by atoms with E-state index in [1.54, 1.807) is 0 Å². The molecule has 2 atom stereocenters. The number of carbonyl (C=O) groups excluding carboxylic acids is 1. The van der Waals surface area contributed by atoms with Gasteiger partial charge in [-0.25, -0.2) is 0 Å². The molecule has 0 saturated carbocycles. The van der Waals surface area contributed by atoms with Gasteiger partial charge in [-0.1, -0.05) is 0 Å². The number of cyclic esters (lactones) is 1. The number of hydrogen-bond donors (Lipinski definition) is 0. The van der Waals surface area contributed by atoms with Gasteiger partial charge in [-0.15, -0.1) is 0 Å². The van der Waals surface area contributed by atoms with Gasteiger partial charge in [-0.05, 0) is 0 Å². The Balaban J connectivity index is 2.09. The van der Waals surface area contributed by atoms with Crippen molar-refractivity contribution in [2.45, 2.75) is 88.9 Å². The van der Waals surface area contributed by atoms with Crippen molar-refractivity contribution >= 4 is 56.3 Å². The number of carbonyl (C=O) groups is 1. The molecule has 1 unspecified atom stereocenters. The van der Waals surface area contributed by atoms with Crippen molar-refractivity contribution in [3.63, 3.8) is 0 Å². The minimum absolute atomic E-state index is 0.00353. The van der Waals surface area contributed by atoms with Crippen LogP contribution in [0.5, 0.6) is 0 Å². The summed E-state index contributed by atoms with van der Waals surface area (Å²) in [6, 6.07) is 10.4. The third-order valence-electron chi connectivity index (χ3n) is 6.50. The predicted molar refractivity (Wildman–Crippen MR) is 148 cm³/mol. The van der Waals surface area contributed by atoms with Crippen molar-refractivity contribution < 1.29 is 14.0 Å². The van der Waals surface area contributed by atoms with Crippen LogP contribution in [0.2, 0.25) is 22.4 Å². The molecule has 1 aromatic rings. The fourth-order valence-electron chi connectivity index (χ4n) is 3.44. The van der Waals surface area contributed by atoms with E-state index in [-0.39, 0.29) is 36.4 Å². The summed E-state index contributed by atoms with van der Waals surface area (Å²) >= 11 is 2.31. The van der Waals surface area contributed by atoms with Gasteiger partial charge in [-0.2, -0.15) is 0 Å². The van der Waals surface area contributed by atoms with Crippen LogP contribution in [0.4, 0.5) is 0 Å². The van der Waals surface area contributed by atoms with Crippen LogP contribution in [0.3, 0.4) is 0 Å². The number of allylic oxidation sites excluding steroid dienone is 1. The van der Waals surface area contributed by atoms with Crippen molar-refractivity contribution in [2.24, 2.45) is 0 Å². The first-order valence-electron chi connectivity index (χ1n) is 11.4. The van der Waals surface area contributed by atoms with Gasteiger partial charge in [0.1, 0.15) is 0 Å². The molecule has 0 spiro atoms. The summed E-state index contributed by atoms with van der Waals surface area (Å²) in [5, 5.41) is 0.211. The average Bonchev–Trinajstić information content (AvgIpc) is 3.00. The summed E-state index contributed by atoms with van der Waals surface area (Å²) in [6.45, 7) is 16.3. The molecule has 1 heterocycles. The van der Waals surface area contributed by atoms with E-state index in [0.717, 1.165) is 25.7 Å². The van der Waals surface area contributed by atoms with Crippen molar-refractivity contribution in [3.05, 3.63) is 51.6 Å². The number of benzene rings is 1. The van der Waals surface area contributed by atoms with Crippen molar-refractivity contribution in [1.82, 2.24) is 0 Å². The Kier molecular flexibility index (Phi) is 10.3. The molecule has 1 aliphatic heterocycles. The van der Waals surface area contributed by atoms with Gasteiger partial charge in [0.25, 0.3) is 0 Å². The molecular weight excluding hydrogens is 594 g/mol. The Morgan fingerprint density at radius 1 is 1.25 bits per heavy atom. The van der Waals surface area contributed by atoms with Crippen molar-refractivity contribution in [1.29, 1.82) is 0 Å². The van der Waals surface area contributed by atoms with Gasteiger partial charge in [0.2, 0.25) is 0 Å². The van der Waals surface area contributed by atoms with Crippen LogP contribution in [0.15, 0.2) is 51.6 Å². The summed E-state index contributed by atoms with van der Waals surface area (Å²) in [5.41, 5.74) is 2.52. The maximum absolute atomic E-state index is 13.2. The number of esters is 1. The quantitative estimate of drug-likeness (QED) is 0.121. The fourth-order valence-corrected chi connectivity index (χ4v) is 7.58. The molecule has 0 aliphatic carbocycles. The van der Waals surface area contributed by atoms with Gasteiger partial charge in [0.15, 0.2) is 0 Å². The Hall–Kier alpha value is -0.404. The van der Waals surface area contributed by atoms with E-state index in [0.29, 0.717) is 6.61 Å². The first-order valence-corrected chi connectivity index (χ1v) is 17.3. The topological polar surface area (TPSA) is 35.5 Å². The molecule has 6 heteroatoms. The molecule has 0 amide bonds. The molecule has 1 aromatic carbocycles. The summed E-state index contributed by atoms with van der Waals surface area (Å²) < 4.78 is 15.2. The first-order chi connectivity index (χ1) is 14.9. The molecule has 1 aliphatic rings. The van der Waals surface area contributed by atoms with Crippen LogP contribution in [-0.2, 0) is 14.0 Å². The Morgan fingerprint density at radius 2 is 1.91 bits per heavy atom. The molecule has 0 bridgehead atoms. The van der Waals surface area contributed by atoms with Crippen LogP contribution >= 0.6 is 22.6 Å². The minimum atomic E-state index is -1.76. The number of halogens is 1. The van der Waals surface area contributed by atoms with Gasteiger partial charge >= 0.3 is 217 Å². The molecule has 1 saturated heterocycles.